The smallest absolute Gasteiger partial charge is 0.305 e. The van der Waals surface area contributed by atoms with Crippen LogP contribution in [-0.4, -0.2) is 30.0 Å². The van der Waals surface area contributed by atoms with Crippen molar-refractivity contribution < 1.29 is 13.6 Å². The molecule has 3 N–H and O–H groups in total. The molecule has 0 bridgehead atoms. The Morgan fingerprint density at radius 3 is 2.67 bits per heavy atom. The molecule has 24 heavy (non-hydrogen) atoms. The van der Waals surface area contributed by atoms with Crippen molar-refractivity contribution in [3.8, 4) is 0 Å². The minimum atomic E-state index is -0.459. The minimum Gasteiger partial charge on any atom is -0.454 e. The fourth-order valence-electron chi connectivity index (χ4n) is 1.90. The molecule has 0 aliphatic carbocycles. The summed E-state index contributed by atoms with van der Waals surface area (Å²) >= 11 is 5.05. The average molecular weight is 350 g/mol. The number of hydrogen-bond donors (Lipinski definition) is 3. The normalized spacial score (nSPS) is 10.5. The first-order chi connectivity index (χ1) is 11.3. The van der Waals surface area contributed by atoms with Gasteiger partial charge in [-0.3, -0.25) is 15.6 Å². The lowest BCUT2D eigenvalue weighted by atomic mass is 10.2. The van der Waals surface area contributed by atoms with Gasteiger partial charge in [-0.1, -0.05) is 6.07 Å². The Morgan fingerprint density at radius 2 is 2.00 bits per heavy atom. The van der Waals surface area contributed by atoms with Crippen LogP contribution in [0.3, 0.4) is 0 Å². The first kappa shape index (κ1) is 17.9. The van der Waals surface area contributed by atoms with Gasteiger partial charge in [0.05, 0.1) is 6.54 Å². The molecule has 1 amide bonds. The maximum Gasteiger partial charge on any atom is 0.305 e. The summed E-state index contributed by atoms with van der Waals surface area (Å²) in [7, 11) is 3.81. The number of carbonyl (C=O) groups excluding carboxylic acids is 1. The van der Waals surface area contributed by atoms with Crippen molar-refractivity contribution in [1.82, 2.24) is 15.8 Å². The first-order valence-corrected chi connectivity index (χ1v) is 7.63. The predicted molar refractivity (Wildman–Crippen MR) is 94.1 cm³/mol. The summed E-state index contributed by atoms with van der Waals surface area (Å²) < 4.78 is 18.9. The molecule has 0 saturated heterocycles. The lowest BCUT2D eigenvalue weighted by molar-refractivity contribution is 0.0913. The van der Waals surface area contributed by atoms with Crippen LogP contribution in [0.15, 0.2) is 34.7 Å². The number of rotatable bonds is 4. The number of carbonyl (C=O) groups is 1. The Balaban J connectivity index is 1.85. The van der Waals surface area contributed by atoms with E-state index in [1.165, 1.54) is 6.07 Å². The van der Waals surface area contributed by atoms with E-state index in [0.29, 0.717) is 23.6 Å². The quantitative estimate of drug-likeness (QED) is 0.581. The highest BCUT2D eigenvalue weighted by atomic mass is 32.1. The summed E-state index contributed by atoms with van der Waals surface area (Å²) in [6.45, 7) is 2.27. The third kappa shape index (κ3) is 5.04. The monoisotopic (exact) mass is 350 g/mol. The third-order valence-corrected chi connectivity index (χ3v) is 3.28. The van der Waals surface area contributed by atoms with Crippen molar-refractivity contribution in [3.63, 3.8) is 0 Å². The lowest BCUT2D eigenvalue weighted by Gasteiger charge is -2.11. The van der Waals surface area contributed by atoms with Gasteiger partial charge in [0, 0.05) is 5.69 Å². The van der Waals surface area contributed by atoms with Crippen LogP contribution in [0.1, 0.15) is 21.9 Å². The molecule has 0 atom stereocenters. The summed E-state index contributed by atoms with van der Waals surface area (Å²) in [6.07, 6.45) is 0. The van der Waals surface area contributed by atoms with Gasteiger partial charge in [-0.15, -0.1) is 0 Å². The van der Waals surface area contributed by atoms with Gasteiger partial charge in [0.2, 0.25) is 0 Å². The Kier molecular flexibility index (Phi) is 5.88. The molecule has 0 fully saturated rings. The molecule has 0 aliphatic heterocycles. The maximum atomic E-state index is 13.5. The Bertz CT molecular complexity index is 745. The number of amides is 1. The molecular formula is C16H19FN4O2S. The van der Waals surface area contributed by atoms with Crippen molar-refractivity contribution in [3.05, 3.63) is 53.2 Å². The molecule has 2 aromatic rings. The number of aryl methyl sites for hydroxylation is 1. The van der Waals surface area contributed by atoms with Gasteiger partial charge in [0.15, 0.2) is 10.9 Å². The number of furan rings is 1. The van der Waals surface area contributed by atoms with Crippen molar-refractivity contribution in [2.45, 2.75) is 13.5 Å². The van der Waals surface area contributed by atoms with E-state index >= 15 is 0 Å². The van der Waals surface area contributed by atoms with E-state index in [4.69, 9.17) is 16.6 Å². The van der Waals surface area contributed by atoms with E-state index in [0.717, 1.165) is 0 Å². The zero-order chi connectivity index (χ0) is 17.7. The van der Waals surface area contributed by atoms with Crippen LogP contribution in [-0.2, 0) is 6.54 Å². The van der Waals surface area contributed by atoms with Gasteiger partial charge in [-0.05, 0) is 63.1 Å². The molecular weight excluding hydrogens is 331 g/mol. The fourth-order valence-corrected chi connectivity index (χ4v) is 2.07. The van der Waals surface area contributed by atoms with Crippen LogP contribution in [0.4, 0.5) is 10.1 Å². The van der Waals surface area contributed by atoms with E-state index in [-0.39, 0.29) is 16.7 Å². The van der Waals surface area contributed by atoms with Gasteiger partial charge in [0.1, 0.15) is 11.6 Å². The molecule has 2 rings (SSSR count). The van der Waals surface area contributed by atoms with E-state index in [1.54, 1.807) is 31.2 Å². The zero-order valence-electron chi connectivity index (χ0n) is 13.6. The number of hydrogen-bond acceptors (Lipinski definition) is 4. The molecule has 8 heteroatoms. The van der Waals surface area contributed by atoms with Crippen LogP contribution in [0.2, 0.25) is 0 Å². The highest BCUT2D eigenvalue weighted by Gasteiger charge is 2.12. The van der Waals surface area contributed by atoms with Gasteiger partial charge in [-0.2, -0.15) is 0 Å². The zero-order valence-corrected chi connectivity index (χ0v) is 14.5. The molecule has 0 spiro atoms. The Labute approximate surface area is 145 Å². The lowest BCUT2D eigenvalue weighted by Crippen LogP contribution is -2.43. The van der Waals surface area contributed by atoms with E-state index < -0.39 is 5.91 Å². The number of thiocarbonyl (C=S) groups is 1. The summed E-state index contributed by atoms with van der Waals surface area (Å²) in [5.41, 5.74) is 5.98. The largest absolute Gasteiger partial charge is 0.454 e. The highest BCUT2D eigenvalue weighted by Crippen LogP contribution is 2.13. The topological polar surface area (TPSA) is 69.5 Å². The molecule has 0 radical (unpaired) electrons. The van der Waals surface area contributed by atoms with E-state index in [2.05, 4.69) is 16.2 Å². The highest BCUT2D eigenvalue weighted by molar-refractivity contribution is 7.80. The first-order valence-electron chi connectivity index (χ1n) is 7.22. The van der Waals surface area contributed by atoms with Crippen LogP contribution >= 0.6 is 12.2 Å². The van der Waals surface area contributed by atoms with Gasteiger partial charge >= 0.3 is 5.91 Å². The van der Waals surface area contributed by atoms with Crippen LogP contribution in [0.25, 0.3) is 0 Å². The second-order valence-electron chi connectivity index (χ2n) is 5.50. The van der Waals surface area contributed by atoms with Gasteiger partial charge < -0.3 is 14.6 Å². The number of anilines is 1. The van der Waals surface area contributed by atoms with E-state index in [1.807, 2.05) is 19.0 Å². The Morgan fingerprint density at radius 1 is 1.25 bits per heavy atom. The second kappa shape index (κ2) is 7.89. The SMILES string of the molecule is Cc1ccc(NC(=S)NNC(=O)c2ccc(CN(C)C)o2)cc1F. The average Bonchev–Trinajstić information content (AvgIpc) is 2.96. The van der Waals surface area contributed by atoms with E-state index in [9.17, 15) is 9.18 Å². The molecule has 0 aliphatic rings. The Hall–Kier alpha value is -2.45. The standard InChI is InChI=1S/C16H19FN4O2S/c1-10-4-5-11(8-13(10)17)18-16(24)20-19-15(22)14-7-6-12(23-14)9-21(2)3/h4-8H,9H2,1-3H3,(H,19,22)(H2,18,20,24). The summed E-state index contributed by atoms with van der Waals surface area (Å²) in [4.78, 5) is 13.9. The molecule has 1 heterocycles. The summed E-state index contributed by atoms with van der Waals surface area (Å²) in [6, 6.07) is 7.97. The van der Waals surface area contributed by atoms with Crippen molar-refractivity contribution in [1.29, 1.82) is 0 Å². The molecule has 6 nitrogen and oxygen atoms in total. The molecule has 128 valence electrons. The molecule has 0 saturated carbocycles. The van der Waals surface area contributed by atoms with Crippen LogP contribution in [0, 0.1) is 12.7 Å². The third-order valence-electron chi connectivity index (χ3n) is 3.08. The van der Waals surface area contributed by atoms with Crippen LogP contribution < -0.4 is 16.2 Å². The number of nitrogens with one attached hydrogen (secondary N) is 3. The van der Waals surface area contributed by atoms with Gasteiger partial charge in [-0.25, -0.2) is 4.39 Å². The van der Waals surface area contributed by atoms with Gasteiger partial charge in [0.25, 0.3) is 0 Å². The molecule has 0 unspecified atom stereocenters. The predicted octanol–water partition coefficient (Wildman–Crippen LogP) is 2.42. The van der Waals surface area contributed by atoms with Crippen molar-refractivity contribution in [2.75, 3.05) is 19.4 Å². The van der Waals surface area contributed by atoms with Crippen molar-refractivity contribution in [2.24, 2.45) is 0 Å². The number of benzene rings is 1. The second-order valence-corrected chi connectivity index (χ2v) is 5.91. The summed E-state index contributed by atoms with van der Waals surface area (Å²) in [5, 5.41) is 2.91. The number of halogens is 1. The molecule has 1 aromatic carbocycles. The number of hydrazine groups is 1. The van der Waals surface area contributed by atoms with Crippen molar-refractivity contribution >= 4 is 28.9 Å². The number of nitrogens with zero attached hydrogens (tertiary/aromatic N) is 1. The molecule has 1 aromatic heterocycles. The fraction of sp³-hybridized carbons (Fsp3) is 0.250. The minimum absolute atomic E-state index is 0.131. The maximum absolute atomic E-state index is 13.5. The summed E-state index contributed by atoms with van der Waals surface area (Å²) in [5.74, 6) is 0.0552. The van der Waals surface area contributed by atoms with Crippen LogP contribution in [0.5, 0.6) is 0 Å².